The quantitative estimate of drug-likeness (QED) is 0.126. The molecule has 0 bridgehead atoms. The summed E-state index contributed by atoms with van der Waals surface area (Å²) in [5.41, 5.74) is -2.72. The summed E-state index contributed by atoms with van der Waals surface area (Å²) in [5, 5.41) is 73.0. The number of Topliss-reactive ketones (excluding diaryl/α,β-unsaturated/α-hetero) is 1. The van der Waals surface area contributed by atoms with Crippen LogP contribution in [0.1, 0.15) is 113 Å². The van der Waals surface area contributed by atoms with Gasteiger partial charge in [-0.15, -0.1) is 0 Å². The standard InChI is InChI=1S/C54H86FN3O15/c1-14-40-54(10,67)47(64)32(6)44(61)28(2)24-53(9,69-13)49(30(4)43(31(5)50(66)72-40)39-25-52(8,68-12)48(65)33(7)71-39)73-51-46(63)38(23-29(3)70-51)58(11)22-21-42(60)57-37(26-55)45(62)35-17-15-34(16-18-35)36-19-20-41(59)56-27-36/h15-20,27-33,37-40,43,45-51,62-67H,14,21-26H2,1-13H3,(H,56,59)(H,57,60)/t28-,29-,30+,31-,32+,33+,37-,38+,39?,40-,43+,45-,46-,47-,48+,49-,50?,51+,52-,53-,54-/m1/s1. The number of aromatic amines is 1. The number of benzene rings is 1. The number of nitrogens with one attached hydrogen (secondary N) is 2. The maximum absolute atomic E-state index is 14.4. The van der Waals surface area contributed by atoms with Crippen molar-refractivity contribution in [3.8, 4) is 11.1 Å². The van der Waals surface area contributed by atoms with Crippen LogP contribution in [0.3, 0.4) is 0 Å². The fraction of sp³-hybridized carbons (Fsp3) is 0.759. The number of aromatic nitrogens is 1. The van der Waals surface area contributed by atoms with Crippen LogP contribution in [0.5, 0.6) is 0 Å². The van der Waals surface area contributed by atoms with Gasteiger partial charge in [0.25, 0.3) is 0 Å². The highest BCUT2D eigenvalue weighted by Gasteiger charge is 2.56. The third kappa shape index (κ3) is 13.6. The van der Waals surface area contributed by atoms with Crippen LogP contribution in [0.15, 0.2) is 47.4 Å². The number of pyridine rings is 1. The number of H-pyrrole nitrogens is 1. The smallest absolute Gasteiger partial charge is 0.247 e. The van der Waals surface area contributed by atoms with E-state index < -0.39 is 139 Å². The molecule has 3 fully saturated rings. The van der Waals surface area contributed by atoms with E-state index in [4.69, 9.17) is 28.4 Å². The van der Waals surface area contributed by atoms with Gasteiger partial charge < -0.3 is 74.3 Å². The first kappa shape index (κ1) is 60.6. The summed E-state index contributed by atoms with van der Waals surface area (Å²) in [6.07, 6.45) is -9.96. The van der Waals surface area contributed by atoms with Crippen LogP contribution in [0, 0.1) is 29.6 Å². The fourth-order valence-corrected chi connectivity index (χ4v) is 11.8. The molecule has 0 spiro atoms. The Morgan fingerprint density at radius 2 is 1.52 bits per heavy atom. The Morgan fingerprint density at radius 3 is 2.10 bits per heavy atom. The fourth-order valence-electron chi connectivity index (χ4n) is 11.8. The molecule has 0 saturated carbocycles. The second-order valence-corrected chi connectivity index (χ2v) is 22.0. The Labute approximate surface area is 430 Å². The van der Waals surface area contributed by atoms with Crippen molar-refractivity contribution in [2.24, 2.45) is 29.6 Å². The van der Waals surface area contributed by atoms with E-state index in [9.17, 15) is 49.4 Å². The Balaban J connectivity index is 1.43. The lowest BCUT2D eigenvalue weighted by atomic mass is 9.67. The average molecular weight is 1040 g/mol. The molecule has 0 aliphatic carbocycles. The number of alkyl halides is 1. The topological polar surface area (TPSA) is 259 Å². The minimum atomic E-state index is -1.96. The van der Waals surface area contributed by atoms with Crippen LogP contribution in [0.4, 0.5) is 4.39 Å². The SMILES string of the molecule is CC[C@H]1OC(O)[C@H](C)[C@@H](C2C[C@@](C)(OC)[C@@H](O)[C@H](C)O2)[C@H](C)[C@@H](O[C@@H]2O[C@H](C)C[C@H](N(C)CCC(=O)N[C@H](CF)[C@H](O)c3ccc(-c4ccc(=O)[nH]c4)cc3)[C@H]2O)[C@](C)(OC)C[C@@H](C)C(=O)[C@H](C)[C@@H](O)[C@]1(C)O. The molecule has 19 heteroatoms. The number of aliphatic hydroxyl groups excluding tert-OH is 5. The summed E-state index contributed by atoms with van der Waals surface area (Å²) in [6.45, 7) is 16.3. The number of hydrogen-bond acceptors (Lipinski definition) is 16. The summed E-state index contributed by atoms with van der Waals surface area (Å²) in [7, 11) is 4.75. The van der Waals surface area contributed by atoms with Gasteiger partial charge in [0.05, 0.1) is 53.9 Å². The van der Waals surface area contributed by atoms with E-state index in [1.165, 1.54) is 27.2 Å². The number of carbonyl (C=O) groups is 2. The van der Waals surface area contributed by atoms with Gasteiger partial charge in [0.1, 0.15) is 36.4 Å². The van der Waals surface area contributed by atoms with Crippen molar-refractivity contribution >= 4 is 11.7 Å². The molecule has 0 radical (unpaired) electrons. The Bertz CT molecular complexity index is 2130. The summed E-state index contributed by atoms with van der Waals surface area (Å²) in [6, 6.07) is 7.91. The lowest BCUT2D eigenvalue weighted by molar-refractivity contribution is -0.309. The van der Waals surface area contributed by atoms with Crippen molar-refractivity contribution in [2.45, 2.75) is 198 Å². The molecule has 21 atom stereocenters. The zero-order valence-electron chi connectivity index (χ0n) is 45.1. The Hall–Kier alpha value is -3.28. The first-order chi connectivity index (χ1) is 34.2. The maximum atomic E-state index is 14.4. The highest BCUT2D eigenvalue weighted by molar-refractivity contribution is 5.83. The molecule has 8 N–H and O–H groups in total. The molecule has 2 aromatic rings. The molecular formula is C54H86FN3O15. The predicted octanol–water partition coefficient (Wildman–Crippen LogP) is 3.81. The number of likely N-dealkylation sites (N-methyl/N-ethyl adjacent to an activating group) is 1. The number of nitrogens with zero attached hydrogens (tertiary/aromatic N) is 1. The summed E-state index contributed by atoms with van der Waals surface area (Å²) < 4.78 is 53.2. The number of amides is 1. The summed E-state index contributed by atoms with van der Waals surface area (Å²) in [4.78, 5) is 43.6. The van der Waals surface area contributed by atoms with Crippen molar-refractivity contribution in [1.82, 2.24) is 15.2 Å². The number of hydrogen-bond donors (Lipinski definition) is 8. The normalized spacial score (nSPS) is 40.2. The Morgan fingerprint density at radius 1 is 0.890 bits per heavy atom. The third-order valence-corrected chi connectivity index (χ3v) is 16.6. The first-order valence-electron chi connectivity index (χ1n) is 25.9. The molecule has 1 aromatic heterocycles. The molecule has 414 valence electrons. The monoisotopic (exact) mass is 1040 g/mol. The van der Waals surface area contributed by atoms with Crippen molar-refractivity contribution in [3.63, 3.8) is 0 Å². The minimum absolute atomic E-state index is 0.0534. The van der Waals surface area contributed by atoms with Crippen LogP contribution < -0.4 is 10.9 Å². The molecule has 3 saturated heterocycles. The Kier molecular flexibility index (Phi) is 21.0. The number of methoxy groups -OCH3 is 2. The van der Waals surface area contributed by atoms with Gasteiger partial charge in [-0.3, -0.25) is 14.4 Å². The van der Waals surface area contributed by atoms with Gasteiger partial charge in [0.15, 0.2) is 12.6 Å². The second-order valence-electron chi connectivity index (χ2n) is 22.0. The van der Waals surface area contributed by atoms with Crippen molar-refractivity contribution < 1.29 is 73.0 Å². The molecule has 73 heavy (non-hydrogen) atoms. The lowest BCUT2D eigenvalue weighted by Crippen LogP contribution is -2.63. The number of ether oxygens (including phenoxy) is 6. The van der Waals surface area contributed by atoms with E-state index in [1.54, 1.807) is 92.0 Å². The minimum Gasteiger partial charge on any atom is -0.389 e. The zero-order valence-corrected chi connectivity index (χ0v) is 45.1. The molecule has 3 aliphatic rings. The number of aliphatic hydroxyl groups is 6. The van der Waals surface area contributed by atoms with E-state index >= 15 is 0 Å². The molecule has 5 rings (SSSR count). The first-order valence-corrected chi connectivity index (χ1v) is 25.9. The molecular weight excluding hydrogens is 950 g/mol. The van der Waals surface area contributed by atoms with E-state index in [-0.39, 0.29) is 43.6 Å². The van der Waals surface area contributed by atoms with Crippen LogP contribution in [0.2, 0.25) is 0 Å². The van der Waals surface area contributed by atoms with Gasteiger partial charge in [0.2, 0.25) is 11.5 Å². The van der Waals surface area contributed by atoms with Crippen LogP contribution in [-0.2, 0) is 38.0 Å². The van der Waals surface area contributed by atoms with Gasteiger partial charge >= 0.3 is 0 Å². The number of ketones is 1. The highest BCUT2D eigenvalue weighted by Crippen LogP contribution is 2.46. The van der Waals surface area contributed by atoms with Crippen LogP contribution >= 0.6 is 0 Å². The molecule has 18 nitrogen and oxygen atoms in total. The van der Waals surface area contributed by atoms with Gasteiger partial charge in [-0.05, 0) is 95.5 Å². The number of halogens is 1. The predicted molar refractivity (Wildman–Crippen MR) is 270 cm³/mol. The zero-order chi connectivity index (χ0) is 54.5. The van der Waals surface area contributed by atoms with Gasteiger partial charge in [0, 0.05) is 69.7 Å². The van der Waals surface area contributed by atoms with E-state index in [2.05, 4.69) is 10.3 Å². The van der Waals surface area contributed by atoms with Crippen LogP contribution in [-0.4, -0.2) is 177 Å². The molecule has 4 heterocycles. The molecule has 1 amide bonds. The maximum Gasteiger partial charge on any atom is 0.247 e. The molecule has 3 aliphatic heterocycles. The van der Waals surface area contributed by atoms with Crippen molar-refractivity contribution in [1.29, 1.82) is 0 Å². The third-order valence-electron chi connectivity index (χ3n) is 16.6. The molecule has 1 aromatic carbocycles. The number of carbonyl (C=O) groups excluding carboxylic acids is 2. The van der Waals surface area contributed by atoms with Crippen LogP contribution in [0.25, 0.3) is 11.1 Å². The summed E-state index contributed by atoms with van der Waals surface area (Å²) >= 11 is 0. The van der Waals surface area contributed by atoms with Gasteiger partial charge in [-0.1, -0.05) is 58.9 Å². The van der Waals surface area contributed by atoms with Crippen molar-refractivity contribution in [2.75, 3.05) is 34.5 Å². The summed E-state index contributed by atoms with van der Waals surface area (Å²) in [5.74, 6) is -4.85. The number of rotatable bonds is 15. The van der Waals surface area contributed by atoms with E-state index in [0.717, 1.165) is 11.1 Å². The average Bonchev–Trinajstić information content (AvgIpc) is 3.36. The largest absolute Gasteiger partial charge is 0.389 e. The highest BCUT2D eigenvalue weighted by atomic mass is 19.1. The van der Waals surface area contributed by atoms with Gasteiger partial charge in [-0.2, -0.15) is 0 Å². The second kappa shape index (κ2) is 25.2. The van der Waals surface area contributed by atoms with E-state index in [1.807, 2.05) is 18.7 Å². The van der Waals surface area contributed by atoms with Gasteiger partial charge in [-0.25, -0.2) is 4.39 Å². The lowest BCUT2D eigenvalue weighted by Gasteiger charge is -2.53. The molecule has 2 unspecified atom stereocenters. The van der Waals surface area contributed by atoms with E-state index in [0.29, 0.717) is 12.0 Å². The van der Waals surface area contributed by atoms with Crippen molar-refractivity contribution in [3.05, 3.63) is 58.5 Å².